The fraction of sp³-hybridized carbons (Fsp3) is 0.235. The number of aryl methyl sites for hydroxylation is 1. The van der Waals surface area contributed by atoms with E-state index in [0.717, 1.165) is 5.56 Å². The van der Waals surface area contributed by atoms with E-state index >= 15 is 0 Å². The molecule has 110 valence electrons. The molecule has 0 saturated carbocycles. The number of carboxylic acid groups (broad SMARTS) is 1. The third-order valence-corrected chi connectivity index (χ3v) is 3.49. The summed E-state index contributed by atoms with van der Waals surface area (Å²) in [6, 6.07) is 12.8. The van der Waals surface area contributed by atoms with Crippen LogP contribution in [0.4, 0.5) is 4.39 Å². The first-order valence-electron chi connectivity index (χ1n) is 6.79. The number of aliphatic carboxylic acids is 1. The number of carbonyl (C=O) groups is 1. The molecular formula is C17H18FNO2. The fourth-order valence-corrected chi connectivity index (χ4v) is 2.18. The Kier molecular flexibility index (Phi) is 4.70. The molecule has 2 rings (SSSR count). The van der Waals surface area contributed by atoms with Crippen LogP contribution in [0, 0.1) is 12.7 Å². The van der Waals surface area contributed by atoms with E-state index in [1.165, 1.54) is 6.07 Å². The van der Waals surface area contributed by atoms with Crippen molar-refractivity contribution in [3.05, 3.63) is 71.0 Å². The van der Waals surface area contributed by atoms with Gasteiger partial charge in [-0.1, -0.05) is 42.5 Å². The highest BCUT2D eigenvalue weighted by molar-refractivity contribution is 5.75. The van der Waals surface area contributed by atoms with Crippen molar-refractivity contribution < 1.29 is 14.3 Å². The summed E-state index contributed by atoms with van der Waals surface area (Å²) in [7, 11) is 0. The minimum absolute atomic E-state index is 0.276. The molecular weight excluding hydrogens is 269 g/mol. The first-order chi connectivity index (χ1) is 9.99. The van der Waals surface area contributed by atoms with E-state index in [0.29, 0.717) is 11.1 Å². The molecule has 2 atom stereocenters. The smallest absolute Gasteiger partial charge is 0.325 e. The number of rotatable bonds is 5. The molecule has 0 radical (unpaired) electrons. The zero-order chi connectivity index (χ0) is 15.4. The van der Waals surface area contributed by atoms with Gasteiger partial charge in [0.25, 0.3) is 0 Å². The van der Waals surface area contributed by atoms with Crippen molar-refractivity contribution in [1.82, 2.24) is 5.32 Å². The summed E-state index contributed by atoms with van der Waals surface area (Å²) in [4.78, 5) is 11.5. The number of hydrogen-bond acceptors (Lipinski definition) is 2. The van der Waals surface area contributed by atoms with E-state index in [4.69, 9.17) is 0 Å². The maximum Gasteiger partial charge on any atom is 0.325 e. The van der Waals surface area contributed by atoms with Gasteiger partial charge in [0.15, 0.2) is 0 Å². The summed E-state index contributed by atoms with van der Waals surface area (Å²) in [6.45, 7) is 3.52. The van der Waals surface area contributed by atoms with Gasteiger partial charge in [0.1, 0.15) is 11.9 Å². The predicted octanol–water partition coefficient (Wildman–Crippen LogP) is 3.61. The summed E-state index contributed by atoms with van der Waals surface area (Å²) >= 11 is 0. The molecule has 0 aliphatic heterocycles. The fourth-order valence-electron chi connectivity index (χ4n) is 2.18. The molecule has 0 bridgehead atoms. The molecule has 2 unspecified atom stereocenters. The maximum atomic E-state index is 13.6. The van der Waals surface area contributed by atoms with Crippen LogP contribution in [0.5, 0.6) is 0 Å². The Bertz CT molecular complexity index is 628. The van der Waals surface area contributed by atoms with Crippen LogP contribution < -0.4 is 5.32 Å². The molecule has 4 heteroatoms. The second-order valence-electron chi connectivity index (χ2n) is 5.08. The molecule has 21 heavy (non-hydrogen) atoms. The van der Waals surface area contributed by atoms with Gasteiger partial charge in [-0.05, 0) is 36.6 Å². The van der Waals surface area contributed by atoms with E-state index in [1.54, 1.807) is 43.3 Å². The Morgan fingerprint density at radius 1 is 1.14 bits per heavy atom. The monoisotopic (exact) mass is 287 g/mol. The molecule has 0 heterocycles. The van der Waals surface area contributed by atoms with E-state index in [1.807, 2.05) is 13.0 Å². The first-order valence-corrected chi connectivity index (χ1v) is 6.79. The highest BCUT2D eigenvalue weighted by Gasteiger charge is 2.22. The van der Waals surface area contributed by atoms with Crippen LogP contribution in [-0.4, -0.2) is 11.1 Å². The van der Waals surface area contributed by atoms with Gasteiger partial charge in [-0.15, -0.1) is 0 Å². The molecule has 0 aromatic heterocycles. The minimum atomic E-state index is -0.958. The third kappa shape index (κ3) is 3.67. The molecule has 2 aromatic carbocycles. The number of carboxylic acids is 1. The molecule has 0 amide bonds. The predicted molar refractivity (Wildman–Crippen MR) is 79.5 cm³/mol. The van der Waals surface area contributed by atoms with Gasteiger partial charge in [-0.2, -0.15) is 0 Å². The standard InChI is InChI=1S/C17H18FNO2/c1-11-8-9-14(10-15(11)18)12(2)19-16(17(20)21)13-6-4-3-5-7-13/h3-10,12,16,19H,1-2H3,(H,20,21). The molecule has 3 nitrogen and oxygen atoms in total. The summed E-state index contributed by atoms with van der Waals surface area (Å²) in [5, 5.41) is 12.4. The zero-order valence-corrected chi connectivity index (χ0v) is 12.0. The first kappa shape index (κ1) is 15.2. The molecule has 2 aromatic rings. The Labute approximate surface area is 123 Å². The Balaban J connectivity index is 2.20. The van der Waals surface area contributed by atoms with Crippen LogP contribution in [-0.2, 0) is 4.79 Å². The van der Waals surface area contributed by atoms with Crippen molar-refractivity contribution in [3.63, 3.8) is 0 Å². The highest BCUT2D eigenvalue weighted by atomic mass is 19.1. The summed E-state index contributed by atoms with van der Waals surface area (Å²) in [6.07, 6.45) is 0. The maximum absolute atomic E-state index is 13.6. The van der Waals surface area contributed by atoms with Crippen molar-refractivity contribution >= 4 is 5.97 Å². The lowest BCUT2D eigenvalue weighted by Crippen LogP contribution is -2.30. The largest absolute Gasteiger partial charge is 0.480 e. The second kappa shape index (κ2) is 6.50. The van der Waals surface area contributed by atoms with Crippen LogP contribution in [0.25, 0.3) is 0 Å². The van der Waals surface area contributed by atoms with Crippen LogP contribution >= 0.6 is 0 Å². The van der Waals surface area contributed by atoms with Crippen LogP contribution in [0.15, 0.2) is 48.5 Å². The zero-order valence-electron chi connectivity index (χ0n) is 12.0. The van der Waals surface area contributed by atoms with Gasteiger partial charge >= 0.3 is 5.97 Å². The topological polar surface area (TPSA) is 49.3 Å². The Hall–Kier alpha value is -2.20. The van der Waals surface area contributed by atoms with Crippen LogP contribution in [0.1, 0.15) is 35.7 Å². The molecule has 0 spiro atoms. The number of hydrogen-bond donors (Lipinski definition) is 2. The number of nitrogens with one attached hydrogen (secondary N) is 1. The van der Waals surface area contributed by atoms with Gasteiger partial charge in [-0.25, -0.2) is 4.39 Å². The average Bonchev–Trinajstić information content (AvgIpc) is 2.48. The van der Waals surface area contributed by atoms with E-state index in [-0.39, 0.29) is 11.9 Å². The summed E-state index contributed by atoms with van der Waals surface area (Å²) in [5.74, 6) is -1.24. The Morgan fingerprint density at radius 2 is 1.81 bits per heavy atom. The van der Waals surface area contributed by atoms with Crippen LogP contribution in [0.3, 0.4) is 0 Å². The van der Waals surface area contributed by atoms with Gasteiger partial charge < -0.3 is 5.11 Å². The average molecular weight is 287 g/mol. The number of benzene rings is 2. The van der Waals surface area contributed by atoms with Gasteiger partial charge in [0, 0.05) is 6.04 Å². The van der Waals surface area contributed by atoms with Crippen molar-refractivity contribution in [2.24, 2.45) is 0 Å². The normalized spacial score (nSPS) is 13.7. The van der Waals surface area contributed by atoms with Gasteiger partial charge in [0.05, 0.1) is 0 Å². The summed E-state index contributed by atoms with van der Waals surface area (Å²) < 4.78 is 13.6. The quantitative estimate of drug-likeness (QED) is 0.883. The van der Waals surface area contributed by atoms with Crippen LogP contribution in [0.2, 0.25) is 0 Å². The molecule has 0 saturated heterocycles. The third-order valence-electron chi connectivity index (χ3n) is 3.49. The van der Waals surface area contributed by atoms with E-state index < -0.39 is 12.0 Å². The lowest BCUT2D eigenvalue weighted by molar-refractivity contribution is -0.139. The highest BCUT2D eigenvalue weighted by Crippen LogP contribution is 2.21. The molecule has 0 aliphatic rings. The van der Waals surface area contributed by atoms with Crippen molar-refractivity contribution in [3.8, 4) is 0 Å². The summed E-state index contributed by atoms with van der Waals surface area (Å²) in [5.41, 5.74) is 1.97. The lowest BCUT2D eigenvalue weighted by Gasteiger charge is -2.21. The molecule has 0 aliphatic carbocycles. The van der Waals surface area contributed by atoms with E-state index in [9.17, 15) is 14.3 Å². The second-order valence-corrected chi connectivity index (χ2v) is 5.08. The lowest BCUT2D eigenvalue weighted by atomic mass is 10.0. The van der Waals surface area contributed by atoms with Crippen molar-refractivity contribution in [1.29, 1.82) is 0 Å². The number of halogens is 1. The molecule has 0 fully saturated rings. The van der Waals surface area contributed by atoms with E-state index in [2.05, 4.69) is 5.32 Å². The van der Waals surface area contributed by atoms with Gasteiger partial charge in [-0.3, -0.25) is 10.1 Å². The van der Waals surface area contributed by atoms with Crippen molar-refractivity contribution in [2.45, 2.75) is 25.9 Å². The van der Waals surface area contributed by atoms with Crippen molar-refractivity contribution in [2.75, 3.05) is 0 Å². The van der Waals surface area contributed by atoms with Gasteiger partial charge in [0.2, 0.25) is 0 Å². The Morgan fingerprint density at radius 3 is 2.38 bits per heavy atom. The minimum Gasteiger partial charge on any atom is -0.480 e. The SMILES string of the molecule is Cc1ccc(C(C)NC(C(=O)O)c2ccccc2)cc1F. The molecule has 2 N–H and O–H groups in total.